The molecule has 0 unspecified atom stereocenters. The molecule has 0 N–H and O–H groups in total. The van der Waals surface area contributed by atoms with E-state index in [9.17, 15) is 0 Å². The fourth-order valence-corrected chi connectivity index (χ4v) is 10.2. The molecule has 2 aromatic heterocycles. The highest BCUT2D eigenvalue weighted by Gasteiger charge is 2.21. The Balaban J connectivity index is 0.953. The molecule has 13 rings (SSSR count). The molecule has 0 aliphatic rings. The predicted octanol–water partition coefficient (Wildman–Crippen LogP) is 17.5. The van der Waals surface area contributed by atoms with Gasteiger partial charge >= 0.3 is 0 Å². The first-order chi connectivity index (χ1) is 33.2. The summed E-state index contributed by atoms with van der Waals surface area (Å²) in [5.74, 6) is 1.47. The highest BCUT2D eigenvalue weighted by molar-refractivity contribution is 6.28. The second-order valence-corrected chi connectivity index (χ2v) is 17.2. The molecule has 3 nitrogen and oxygen atoms in total. The van der Waals surface area contributed by atoms with Gasteiger partial charge in [0, 0.05) is 27.6 Å². The molecule has 312 valence electrons. The Hall–Kier alpha value is -8.92. The maximum Gasteiger partial charge on any atom is 0.160 e. The van der Waals surface area contributed by atoms with Crippen LogP contribution in [0.1, 0.15) is 0 Å². The fraction of sp³-hybridized carbons (Fsp3) is 0. The molecule has 0 saturated heterocycles. The van der Waals surface area contributed by atoms with Gasteiger partial charge in [-0.3, -0.25) is 0 Å². The van der Waals surface area contributed by atoms with E-state index >= 15 is 0 Å². The molecule has 0 fully saturated rings. The van der Waals surface area contributed by atoms with Gasteiger partial charge in [0.15, 0.2) is 5.82 Å². The van der Waals surface area contributed by atoms with Gasteiger partial charge in [0.05, 0.1) is 11.4 Å². The number of hydrogen-bond donors (Lipinski definition) is 0. The van der Waals surface area contributed by atoms with Crippen LogP contribution in [0.2, 0.25) is 0 Å². The smallest absolute Gasteiger partial charge is 0.160 e. The Labute approximate surface area is 387 Å². The SMILES string of the molecule is c1ccc(-c2nc(-c3ccccc3-c3cc4ccccc4o3)cc(-c3ccc(-c4ccc(-c5c6ccccc6c(-c6ccccc6)c6c5ccc5ccccc56)cc4)c4ccccc34)n2)cc1. The minimum Gasteiger partial charge on any atom is -0.456 e. The first-order valence-electron chi connectivity index (χ1n) is 22.8. The van der Waals surface area contributed by atoms with Crippen molar-refractivity contribution in [3.8, 4) is 78.6 Å². The molecule has 11 aromatic carbocycles. The number of rotatable bonds is 7. The fourth-order valence-electron chi connectivity index (χ4n) is 10.2. The summed E-state index contributed by atoms with van der Waals surface area (Å²) in [7, 11) is 0. The van der Waals surface area contributed by atoms with E-state index in [1.54, 1.807) is 0 Å². The van der Waals surface area contributed by atoms with Crippen molar-refractivity contribution in [3.05, 3.63) is 243 Å². The summed E-state index contributed by atoms with van der Waals surface area (Å²) < 4.78 is 6.42. The van der Waals surface area contributed by atoms with Crippen LogP contribution in [0.3, 0.4) is 0 Å². The van der Waals surface area contributed by atoms with Crippen molar-refractivity contribution in [2.24, 2.45) is 0 Å². The number of furan rings is 1. The van der Waals surface area contributed by atoms with Gasteiger partial charge in [-0.2, -0.15) is 0 Å². The van der Waals surface area contributed by atoms with Crippen molar-refractivity contribution >= 4 is 54.1 Å². The normalized spacial score (nSPS) is 11.6. The second-order valence-electron chi connectivity index (χ2n) is 17.2. The van der Waals surface area contributed by atoms with E-state index in [1.807, 2.05) is 36.4 Å². The molecule has 0 amide bonds. The van der Waals surface area contributed by atoms with Gasteiger partial charge in [0.25, 0.3) is 0 Å². The molecule has 2 heterocycles. The second kappa shape index (κ2) is 16.0. The average molecular weight is 853 g/mol. The zero-order valence-electron chi connectivity index (χ0n) is 36.4. The molecule has 0 saturated carbocycles. The maximum absolute atomic E-state index is 6.42. The van der Waals surface area contributed by atoms with E-state index in [2.05, 4.69) is 206 Å². The highest BCUT2D eigenvalue weighted by atomic mass is 16.3. The first kappa shape index (κ1) is 38.5. The summed E-state index contributed by atoms with van der Waals surface area (Å²) in [5, 5.41) is 10.9. The van der Waals surface area contributed by atoms with Gasteiger partial charge in [-0.1, -0.05) is 224 Å². The lowest BCUT2D eigenvalue weighted by Gasteiger charge is -2.19. The van der Waals surface area contributed by atoms with Gasteiger partial charge < -0.3 is 4.42 Å². The highest BCUT2D eigenvalue weighted by Crippen LogP contribution is 2.47. The zero-order valence-corrected chi connectivity index (χ0v) is 36.4. The van der Waals surface area contributed by atoms with Crippen LogP contribution in [-0.4, -0.2) is 9.97 Å². The predicted molar refractivity (Wildman–Crippen MR) is 280 cm³/mol. The molecule has 3 heteroatoms. The molecule has 67 heavy (non-hydrogen) atoms. The van der Waals surface area contributed by atoms with Gasteiger partial charge in [0.1, 0.15) is 11.3 Å². The lowest BCUT2D eigenvalue weighted by atomic mass is 9.83. The number of benzene rings is 11. The lowest BCUT2D eigenvalue weighted by Crippen LogP contribution is -1.97. The van der Waals surface area contributed by atoms with Crippen LogP contribution < -0.4 is 0 Å². The molecule has 13 aromatic rings. The van der Waals surface area contributed by atoms with Crippen LogP contribution in [0.25, 0.3) is 133 Å². The van der Waals surface area contributed by atoms with E-state index in [0.29, 0.717) is 5.82 Å². The summed E-state index contributed by atoms with van der Waals surface area (Å²) in [6.45, 7) is 0. The van der Waals surface area contributed by atoms with Gasteiger partial charge in [-0.05, 0) is 94.7 Å². The van der Waals surface area contributed by atoms with Crippen molar-refractivity contribution in [2.45, 2.75) is 0 Å². The van der Waals surface area contributed by atoms with E-state index in [-0.39, 0.29) is 0 Å². The van der Waals surface area contributed by atoms with Gasteiger partial charge in [-0.15, -0.1) is 0 Å². The van der Waals surface area contributed by atoms with Crippen LogP contribution in [0.15, 0.2) is 247 Å². The molecular formula is C64H40N2O. The van der Waals surface area contributed by atoms with E-state index in [4.69, 9.17) is 14.4 Å². The molecule has 0 aliphatic carbocycles. The van der Waals surface area contributed by atoms with E-state index in [0.717, 1.165) is 66.7 Å². The number of hydrogen-bond acceptors (Lipinski definition) is 3. The third-order valence-electron chi connectivity index (χ3n) is 13.3. The Morgan fingerprint density at radius 3 is 1.54 bits per heavy atom. The zero-order chi connectivity index (χ0) is 44.3. The van der Waals surface area contributed by atoms with Crippen LogP contribution >= 0.6 is 0 Å². The van der Waals surface area contributed by atoms with Crippen LogP contribution in [0.5, 0.6) is 0 Å². The average Bonchev–Trinajstić information content (AvgIpc) is 3.85. The molecular weight excluding hydrogens is 813 g/mol. The van der Waals surface area contributed by atoms with Crippen molar-refractivity contribution in [3.63, 3.8) is 0 Å². The van der Waals surface area contributed by atoms with Crippen molar-refractivity contribution in [1.29, 1.82) is 0 Å². The summed E-state index contributed by atoms with van der Waals surface area (Å²) in [5.41, 5.74) is 13.7. The third-order valence-corrected chi connectivity index (χ3v) is 13.3. The number of fused-ring (bicyclic) bond motifs is 6. The standard InChI is InChI=1S/C64H40N2O/c1-3-18-43(19-4-1)62-55-29-15-14-28-54(55)61(56-36-35-41-17-7-9-23-48(41)63(56)62)44-33-31-42(32-34-44)47-37-38-52(50-25-11-10-24-49(47)50)58-40-57(65-64(66-58)45-20-5-2-6-21-45)51-26-12-13-27-53(51)60-39-46-22-8-16-30-59(46)67-60/h1-40H. The maximum atomic E-state index is 6.42. The minimum absolute atomic E-state index is 0.668. The molecule has 0 aliphatic heterocycles. The summed E-state index contributed by atoms with van der Waals surface area (Å²) in [6.07, 6.45) is 0. The molecule has 0 radical (unpaired) electrons. The quantitative estimate of drug-likeness (QED) is 0.118. The minimum atomic E-state index is 0.668. The monoisotopic (exact) mass is 852 g/mol. The van der Waals surface area contributed by atoms with Crippen molar-refractivity contribution in [2.75, 3.05) is 0 Å². The van der Waals surface area contributed by atoms with Crippen molar-refractivity contribution < 1.29 is 4.42 Å². The number of nitrogens with zero attached hydrogens (tertiary/aromatic N) is 2. The number of para-hydroxylation sites is 1. The summed E-state index contributed by atoms with van der Waals surface area (Å²) >= 11 is 0. The molecule has 0 spiro atoms. The van der Waals surface area contributed by atoms with Gasteiger partial charge in [0.2, 0.25) is 0 Å². The Morgan fingerprint density at radius 1 is 0.284 bits per heavy atom. The van der Waals surface area contributed by atoms with Crippen LogP contribution in [0, 0.1) is 0 Å². The molecule has 0 atom stereocenters. The summed E-state index contributed by atoms with van der Waals surface area (Å²) in [4.78, 5) is 10.5. The largest absolute Gasteiger partial charge is 0.456 e. The topological polar surface area (TPSA) is 38.9 Å². The third kappa shape index (κ3) is 6.59. The Bertz CT molecular complexity index is 3990. The first-order valence-corrected chi connectivity index (χ1v) is 22.8. The number of aromatic nitrogens is 2. The van der Waals surface area contributed by atoms with E-state index in [1.165, 1.54) is 60.1 Å². The molecule has 0 bridgehead atoms. The lowest BCUT2D eigenvalue weighted by molar-refractivity contribution is 0.632. The summed E-state index contributed by atoms with van der Waals surface area (Å²) in [6, 6.07) is 86.5. The van der Waals surface area contributed by atoms with Gasteiger partial charge in [-0.25, -0.2) is 9.97 Å². The Morgan fingerprint density at radius 2 is 0.806 bits per heavy atom. The Kier molecular flexibility index (Phi) is 9.17. The van der Waals surface area contributed by atoms with Crippen molar-refractivity contribution in [1.82, 2.24) is 9.97 Å². The van der Waals surface area contributed by atoms with Crippen LogP contribution in [-0.2, 0) is 0 Å². The van der Waals surface area contributed by atoms with Crippen LogP contribution in [0.4, 0.5) is 0 Å². The van der Waals surface area contributed by atoms with E-state index < -0.39 is 0 Å².